The van der Waals surface area contributed by atoms with Crippen LogP contribution in [0.25, 0.3) is 0 Å². The predicted octanol–water partition coefficient (Wildman–Crippen LogP) is 4.64. The van der Waals surface area contributed by atoms with E-state index < -0.39 is 22.2 Å². The third-order valence-corrected chi connectivity index (χ3v) is 9.79. The van der Waals surface area contributed by atoms with E-state index in [0.717, 1.165) is 43.2 Å². The van der Waals surface area contributed by atoms with Gasteiger partial charge in [-0.2, -0.15) is 4.31 Å². The molecular formula is C27H38N2O3S. The highest BCUT2D eigenvalue weighted by Gasteiger charge is 2.41. The Morgan fingerprint density at radius 1 is 1.00 bits per heavy atom. The molecule has 3 N–H and O–H groups in total. The minimum atomic E-state index is -3.78. The summed E-state index contributed by atoms with van der Waals surface area (Å²) >= 11 is 0. The number of aliphatic hydroxyl groups excluding tert-OH is 1. The molecule has 2 aliphatic rings. The normalized spacial score (nSPS) is 21.8. The minimum Gasteiger partial charge on any atom is -0.390 e. The second-order valence-electron chi connectivity index (χ2n) is 11.1. The van der Waals surface area contributed by atoms with Gasteiger partial charge in [-0.15, -0.1) is 0 Å². The van der Waals surface area contributed by atoms with Crippen molar-refractivity contribution >= 4 is 10.0 Å². The van der Waals surface area contributed by atoms with Crippen LogP contribution in [0.2, 0.25) is 0 Å². The molecule has 0 radical (unpaired) electrons. The first kappa shape index (κ1) is 24.4. The van der Waals surface area contributed by atoms with Crippen LogP contribution in [-0.4, -0.2) is 36.5 Å². The molecule has 0 saturated heterocycles. The Morgan fingerprint density at radius 3 is 2.18 bits per heavy atom. The highest BCUT2D eigenvalue weighted by Crippen LogP contribution is 2.46. The molecule has 2 aromatic carbocycles. The Bertz CT molecular complexity index is 1090. The van der Waals surface area contributed by atoms with Crippen molar-refractivity contribution in [3.8, 4) is 0 Å². The predicted molar refractivity (Wildman–Crippen MR) is 133 cm³/mol. The molecule has 0 heterocycles. The maximum atomic E-state index is 13.9. The molecule has 2 aromatic rings. The van der Waals surface area contributed by atoms with Crippen molar-refractivity contribution < 1.29 is 13.5 Å². The number of aliphatic hydroxyl groups is 1. The molecule has 4 rings (SSSR count). The van der Waals surface area contributed by atoms with Gasteiger partial charge in [-0.1, -0.05) is 70.5 Å². The average molecular weight is 471 g/mol. The molecule has 0 aliphatic heterocycles. The molecule has 1 fully saturated rings. The molecule has 0 spiro atoms. The van der Waals surface area contributed by atoms with Crippen LogP contribution < -0.4 is 5.73 Å². The molecule has 1 saturated carbocycles. The third kappa shape index (κ3) is 4.63. The summed E-state index contributed by atoms with van der Waals surface area (Å²) in [5, 5.41) is 10.9. The fourth-order valence-corrected chi connectivity index (χ4v) is 6.91. The van der Waals surface area contributed by atoms with Crippen molar-refractivity contribution in [2.45, 2.75) is 93.7 Å². The molecule has 0 unspecified atom stereocenters. The molecule has 2 aliphatic carbocycles. The lowest BCUT2D eigenvalue weighted by Crippen LogP contribution is -2.49. The monoisotopic (exact) mass is 470 g/mol. The van der Waals surface area contributed by atoms with E-state index in [2.05, 4.69) is 27.7 Å². The van der Waals surface area contributed by atoms with Crippen LogP contribution in [-0.2, 0) is 20.9 Å². The first-order valence-corrected chi connectivity index (χ1v) is 13.5. The van der Waals surface area contributed by atoms with Crippen LogP contribution in [0.1, 0.15) is 82.5 Å². The molecule has 33 heavy (non-hydrogen) atoms. The van der Waals surface area contributed by atoms with Gasteiger partial charge in [0.15, 0.2) is 0 Å². The molecule has 2 atom stereocenters. The molecule has 6 heteroatoms. The summed E-state index contributed by atoms with van der Waals surface area (Å²) < 4.78 is 29.3. The number of fused-ring (bicyclic) bond motifs is 1. The van der Waals surface area contributed by atoms with Crippen molar-refractivity contribution in [2.75, 3.05) is 6.54 Å². The summed E-state index contributed by atoms with van der Waals surface area (Å²) in [5.74, 6) is 0. The van der Waals surface area contributed by atoms with Crippen LogP contribution >= 0.6 is 0 Å². The summed E-state index contributed by atoms with van der Waals surface area (Å²) in [6.45, 7) is 8.86. The van der Waals surface area contributed by atoms with Gasteiger partial charge in [-0.3, -0.25) is 0 Å². The molecule has 180 valence electrons. The number of benzene rings is 2. The summed E-state index contributed by atoms with van der Waals surface area (Å²) in [5.41, 5.74) is 9.42. The molecule has 0 bridgehead atoms. The molecule has 0 amide bonds. The Balaban J connectivity index is 1.67. The zero-order valence-corrected chi connectivity index (χ0v) is 21.1. The van der Waals surface area contributed by atoms with Gasteiger partial charge in [0.2, 0.25) is 10.0 Å². The Hall–Kier alpha value is -1.73. The summed E-state index contributed by atoms with van der Waals surface area (Å²) in [6, 6.07) is 14.3. The van der Waals surface area contributed by atoms with Crippen molar-refractivity contribution in [1.82, 2.24) is 4.31 Å². The molecular weight excluding hydrogens is 432 g/mol. The van der Waals surface area contributed by atoms with E-state index >= 15 is 0 Å². The average Bonchev–Trinajstić information content (AvgIpc) is 2.75. The van der Waals surface area contributed by atoms with Gasteiger partial charge in [0, 0.05) is 12.6 Å². The zero-order valence-electron chi connectivity index (χ0n) is 20.3. The molecule has 5 nitrogen and oxygen atoms in total. The van der Waals surface area contributed by atoms with Crippen LogP contribution in [0, 0.1) is 0 Å². The van der Waals surface area contributed by atoms with Gasteiger partial charge < -0.3 is 10.8 Å². The van der Waals surface area contributed by atoms with Crippen molar-refractivity contribution in [3.63, 3.8) is 0 Å². The number of hydrogen-bond acceptors (Lipinski definition) is 4. The van der Waals surface area contributed by atoms with E-state index in [1.807, 2.05) is 42.5 Å². The van der Waals surface area contributed by atoms with E-state index in [9.17, 15) is 13.5 Å². The number of rotatable bonds is 7. The van der Waals surface area contributed by atoms with Crippen molar-refractivity contribution in [3.05, 3.63) is 65.2 Å². The van der Waals surface area contributed by atoms with E-state index in [0.29, 0.717) is 4.90 Å². The van der Waals surface area contributed by atoms with E-state index in [1.54, 1.807) is 6.07 Å². The largest absolute Gasteiger partial charge is 0.390 e. The van der Waals surface area contributed by atoms with Gasteiger partial charge in [0.05, 0.1) is 17.0 Å². The third-order valence-electron chi connectivity index (χ3n) is 7.88. The van der Waals surface area contributed by atoms with Crippen LogP contribution in [0.15, 0.2) is 53.4 Å². The number of nitrogens with zero attached hydrogens (tertiary/aromatic N) is 1. The van der Waals surface area contributed by atoms with Crippen molar-refractivity contribution in [1.29, 1.82) is 0 Å². The van der Waals surface area contributed by atoms with E-state index in [-0.39, 0.29) is 23.4 Å². The number of hydrogen-bond donors (Lipinski definition) is 2. The zero-order chi connectivity index (χ0) is 24.0. The second kappa shape index (κ2) is 8.81. The van der Waals surface area contributed by atoms with Gasteiger partial charge in [-0.05, 0) is 65.3 Å². The van der Waals surface area contributed by atoms with Crippen LogP contribution in [0.4, 0.5) is 0 Å². The second-order valence-corrected chi connectivity index (χ2v) is 13.0. The maximum absolute atomic E-state index is 13.9. The maximum Gasteiger partial charge on any atom is 0.243 e. The smallest absolute Gasteiger partial charge is 0.243 e. The van der Waals surface area contributed by atoms with Crippen LogP contribution in [0.5, 0.6) is 0 Å². The lowest BCUT2D eigenvalue weighted by atomic mass is 9.63. The van der Waals surface area contributed by atoms with E-state index in [4.69, 9.17) is 5.73 Å². The van der Waals surface area contributed by atoms with E-state index in [1.165, 1.54) is 9.87 Å². The highest BCUT2D eigenvalue weighted by molar-refractivity contribution is 7.89. The standard InChI is InChI=1S/C27H38N2O3S/c1-26(2)15-16-27(3,4)23-17-21(13-14-22(23)26)33(31,32)29(20-11-8-12-20)18-24(30)25(28)19-9-6-5-7-10-19/h5-7,9-10,13-14,17,20,24-25,30H,8,11-12,15-16,18,28H2,1-4H3/t24-,25-/m0/s1. The topological polar surface area (TPSA) is 83.6 Å². The fraction of sp³-hybridized carbons (Fsp3) is 0.556. The Labute approximate surface area is 199 Å². The lowest BCUT2D eigenvalue weighted by Gasteiger charge is -2.42. The number of sulfonamides is 1. The first-order valence-electron chi connectivity index (χ1n) is 12.1. The van der Waals surface area contributed by atoms with Crippen molar-refractivity contribution in [2.24, 2.45) is 5.73 Å². The highest BCUT2D eigenvalue weighted by atomic mass is 32.2. The quantitative estimate of drug-likeness (QED) is 0.617. The van der Waals surface area contributed by atoms with Gasteiger partial charge in [0.1, 0.15) is 0 Å². The summed E-state index contributed by atoms with van der Waals surface area (Å²) in [6.07, 6.45) is 3.75. The summed E-state index contributed by atoms with van der Waals surface area (Å²) in [7, 11) is -3.78. The van der Waals surface area contributed by atoms with Crippen LogP contribution in [0.3, 0.4) is 0 Å². The molecule has 0 aromatic heterocycles. The Kier molecular flexibility index (Phi) is 6.51. The lowest BCUT2D eigenvalue weighted by molar-refractivity contribution is 0.0922. The van der Waals surface area contributed by atoms with Gasteiger partial charge in [-0.25, -0.2) is 8.42 Å². The number of nitrogens with two attached hydrogens (primary N) is 1. The summed E-state index contributed by atoms with van der Waals surface area (Å²) in [4.78, 5) is 0.319. The Morgan fingerprint density at radius 2 is 1.61 bits per heavy atom. The fourth-order valence-electron chi connectivity index (χ4n) is 5.18. The first-order chi connectivity index (χ1) is 15.4. The SMILES string of the molecule is CC1(C)CCC(C)(C)c2cc(S(=O)(=O)N(C[C@H](O)[C@@H](N)c3ccccc3)C3CCC3)ccc21. The van der Waals surface area contributed by atoms with Gasteiger partial charge in [0.25, 0.3) is 0 Å². The minimum absolute atomic E-state index is 0.00493. The van der Waals surface area contributed by atoms with Gasteiger partial charge >= 0.3 is 0 Å².